The molecule has 2 amide bonds. The molecule has 2 aromatic rings. The minimum absolute atomic E-state index is 0.0921. The van der Waals surface area contributed by atoms with Gasteiger partial charge in [0.2, 0.25) is 0 Å². The molecule has 0 aliphatic carbocycles. The Morgan fingerprint density at radius 3 is 2.52 bits per heavy atom. The van der Waals surface area contributed by atoms with Crippen molar-refractivity contribution in [1.29, 1.82) is 0 Å². The number of nitrogens with one attached hydrogen (secondary N) is 1. The molecule has 9 heteroatoms. The Hall–Kier alpha value is -3.36. The molecule has 1 aliphatic rings. The first-order chi connectivity index (χ1) is 13.0. The van der Waals surface area contributed by atoms with Gasteiger partial charge in [0.25, 0.3) is 5.91 Å². The van der Waals surface area contributed by atoms with E-state index in [9.17, 15) is 19.7 Å². The maximum atomic E-state index is 12.1. The van der Waals surface area contributed by atoms with Crippen LogP contribution in [0.2, 0.25) is 0 Å². The van der Waals surface area contributed by atoms with E-state index in [0.717, 1.165) is 18.9 Å². The summed E-state index contributed by atoms with van der Waals surface area (Å²) in [6, 6.07) is 11.3. The topological polar surface area (TPSA) is 115 Å². The molecule has 0 unspecified atom stereocenters. The van der Waals surface area contributed by atoms with E-state index in [1.807, 2.05) is 6.07 Å². The summed E-state index contributed by atoms with van der Waals surface area (Å²) in [7, 11) is 0. The van der Waals surface area contributed by atoms with Crippen LogP contribution in [-0.2, 0) is 0 Å². The SMILES string of the molecule is O=C(NCC1CCN(C(=O)Oc2ccccc2)CC1)c1ccc([N+](=O)[O-])o1. The highest BCUT2D eigenvalue weighted by atomic mass is 16.6. The van der Waals surface area contributed by atoms with Gasteiger partial charge in [0.1, 0.15) is 10.7 Å². The van der Waals surface area contributed by atoms with Gasteiger partial charge in [-0.15, -0.1) is 0 Å². The fourth-order valence-corrected chi connectivity index (χ4v) is 2.85. The van der Waals surface area contributed by atoms with Gasteiger partial charge in [0, 0.05) is 19.6 Å². The first kappa shape index (κ1) is 18.4. The number of hydrogen-bond donors (Lipinski definition) is 1. The average molecular weight is 373 g/mol. The number of rotatable bonds is 5. The lowest BCUT2D eigenvalue weighted by Crippen LogP contribution is -2.42. The van der Waals surface area contributed by atoms with Crippen LogP contribution in [0.15, 0.2) is 46.9 Å². The van der Waals surface area contributed by atoms with Crippen LogP contribution < -0.4 is 10.1 Å². The van der Waals surface area contributed by atoms with Crippen LogP contribution in [0.4, 0.5) is 10.7 Å². The number of piperidine rings is 1. The predicted molar refractivity (Wildman–Crippen MR) is 94.5 cm³/mol. The van der Waals surface area contributed by atoms with E-state index in [-0.39, 0.29) is 17.8 Å². The van der Waals surface area contributed by atoms with Crippen LogP contribution in [0, 0.1) is 16.0 Å². The number of carbonyl (C=O) groups is 2. The fourth-order valence-electron chi connectivity index (χ4n) is 2.85. The van der Waals surface area contributed by atoms with Crippen molar-refractivity contribution in [3.05, 3.63) is 58.3 Å². The highest BCUT2D eigenvalue weighted by Gasteiger charge is 2.25. The summed E-state index contributed by atoms with van der Waals surface area (Å²) in [4.78, 5) is 35.7. The van der Waals surface area contributed by atoms with E-state index in [2.05, 4.69) is 5.32 Å². The molecule has 9 nitrogen and oxygen atoms in total. The highest BCUT2D eigenvalue weighted by molar-refractivity contribution is 5.91. The van der Waals surface area contributed by atoms with E-state index in [1.165, 1.54) is 6.07 Å². The smallest absolute Gasteiger partial charge is 0.410 e. The molecule has 0 saturated carbocycles. The van der Waals surface area contributed by atoms with Crippen molar-refractivity contribution in [2.45, 2.75) is 12.8 Å². The molecule has 1 aromatic heterocycles. The van der Waals surface area contributed by atoms with Gasteiger partial charge in [-0.3, -0.25) is 14.9 Å². The number of para-hydroxylation sites is 1. The average Bonchev–Trinajstić information content (AvgIpc) is 3.18. The first-order valence-electron chi connectivity index (χ1n) is 8.57. The van der Waals surface area contributed by atoms with Gasteiger partial charge >= 0.3 is 12.0 Å². The zero-order valence-electron chi connectivity index (χ0n) is 14.5. The van der Waals surface area contributed by atoms with Crippen LogP contribution >= 0.6 is 0 Å². The molecule has 0 bridgehead atoms. The summed E-state index contributed by atoms with van der Waals surface area (Å²) in [6.07, 6.45) is 1.07. The molecule has 3 rings (SSSR count). The first-order valence-corrected chi connectivity index (χ1v) is 8.57. The normalized spacial score (nSPS) is 14.6. The van der Waals surface area contributed by atoms with Crippen molar-refractivity contribution in [3.8, 4) is 5.75 Å². The number of carbonyl (C=O) groups excluding carboxylic acids is 2. The molecular weight excluding hydrogens is 354 g/mol. The Kier molecular flexibility index (Phi) is 5.70. The van der Waals surface area contributed by atoms with Crippen molar-refractivity contribution in [1.82, 2.24) is 10.2 Å². The largest absolute Gasteiger partial charge is 0.433 e. The Balaban J connectivity index is 1.42. The van der Waals surface area contributed by atoms with E-state index >= 15 is 0 Å². The van der Waals surface area contributed by atoms with Crippen LogP contribution in [0.5, 0.6) is 5.75 Å². The molecule has 1 fully saturated rings. The van der Waals surface area contributed by atoms with Crippen LogP contribution in [0.3, 0.4) is 0 Å². The monoisotopic (exact) mass is 373 g/mol. The number of benzene rings is 1. The van der Waals surface area contributed by atoms with E-state index in [1.54, 1.807) is 29.2 Å². The lowest BCUT2D eigenvalue weighted by Gasteiger charge is -2.31. The number of ether oxygens (including phenoxy) is 1. The van der Waals surface area contributed by atoms with E-state index in [4.69, 9.17) is 9.15 Å². The molecule has 0 radical (unpaired) electrons. The quantitative estimate of drug-likeness (QED) is 0.636. The molecule has 0 atom stereocenters. The van der Waals surface area contributed by atoms with Crippen LogP contribution in [0.25, 0.3) is 0 Å². The third-order valence-corrected chi connectivity index (χ3v) is 4.37. The summed E-state index contributed by atoms with van der Waals surface area (Å²) in [5.41, 5.74) is 0. The lowest BCUT2D eigenvalue weighted by molar-refractivity contribution is -0.402. The number of nitrogens with zero attached hydrogens (tertiary/aromatic N) is 2. The highest BCUT2D eigenvalue weighted by Crippen LogP contribution is 2.19. The van der Waals surface area contributed by atoms with E-state index in [0.29, 0.717) is 25.4 Å². The van der Waals surface area contributed by atoms with Gasteiger partial charge in [-0.2, -0.15) is 0 Å². The Bertz CT molecular complexity index is 812. The molecule has 1 saturated heterocycles. The summed E-state index contributed by atoms with van der Waals surface area (Å²) in [5.74, 6) is -0.339. The lowest BCUT2D eigenvalue weighted by atomic mass is 9.97. The van der Waals surface area contributed by atoms with Crippen LogP contribution in [0.1, 0.15) is 23.4 Å². The Labute approximate surface area is 155 Å². The third kappa shape index (κ3) is 4.84. The molecular formula is C18H19N3O6. The molecule has 2 heterocycles. The summed E-state index contributed by atoms with van der Waals surface area (Å²) < 4.78 is 10.2. The zero-order chi connectivity index (χ0) is 19.2. The van der Waals surface area contributed by atoms with Gasteiger partial charge in [-0.05, 0) is 37.0 Å². The fraction of sp³-hybridized carbons (Fsp3) is 0.333. The van der Waals surface area contributed by atoms with E-state index < -0.39 is 16.7 Å². The standard InChI is InChI=1S/C18H19N3O6/c22-17(15-6-7-16(27-15)21(24)25)19-12-13-8-10-20(11-9-13)18(23)26-14-4-2-1-3-5-14/h1-7,13H,8-12H2,(H,19,22). The number of nitro groups is 1. The number of amides is 2. The second-order valence-corrected chi connectivity index (χ2v) is 6.22. The zero-order valence-corrected chi connectivity index (χ0v) is 14.5. The number of hydrogen-bond acceptors (Lipinski definition) is 6. The van der Waals surface area contributed by atoms with Gasteiger partial charge in [-0.1, -0.05) is 18.2 Å². The minimum atomic E-state index is -0.693. The van der Waals surface area contributed by atoms with Crippen LogP contribution in [-0.4, -0.2) is 41.5 Å². The second kappa shape index (κ2) is 8.35. The Morgan fingerprint density at radius 1 is 1.19 bits per heavy atom. The van der Waals surface area contributed by atoms with Gasteiger partial charge in [0.15, 0.2) is 5.76 Å². The summed E-state index contributed by atoms with van der Waals surface area (Å²) >= 11 is 0. The molecule has 142 valence electrons. The third-order valence-electron chi connectivity index (χ3n) is 4.37. The van der Waals surface area contributed by atoms with Crippen molar-refractivity contribution in [3.63, 3.8) is 0 Å². The minimum Gasteiger partial charge on any atom is -0.410 e. The summed E-state index contributed by atoms with van der Waals surface area (Å²) in [5, 5.41) is 13.3. The number of furan rings is 1. The van der Waals surface area contributed by atoms with Gasteiger partial charge < -0.3 is 19.4 Å². The molecule has 27 heavy (non-hydrogen) atoms. The number of likely N-dealkylation sites (tertiary alicyclic amines) is 1. The van der Waals surface area contributed by atoms with Crippen molar-refractivity contribution in [2.75, 3.05) is 19.6 Å². The molecule has 1 aliphatic heterocycles. The van der Waals surface area contributed by atoms with Crippen molar-refractivity contribution >= 4 is 17.9 Å². The predicted octanol–water partition coefficient (Wildman–Crippen LogP) is 2.83. The van der Waals surface area contributed by atoms with Gasteiger partial charge in [-0.25, -0.2) is 4.79 Å². The van der Waals surface area contributed by atoms with Gasteiger partial charge in [0.05, 0.1) is 6.07 Å². The van der Waals surface area contributed by atoms with Crippen molar-refractivity contribution in [2.24, 2.45) is 5.92 Å². The maximum absolute atomic E-state index is 12.1. The molecule has 0 spiro atoms. The second-order valence-electron chi connectivity index (χ2n) is 6.22. The maximum Gasteiger partial charge on any atom is 0.433 e. The Morgan fingerprint density at radius 2 is 1.89 bits per heavy atom. The summed E-state index contributed by atoms with van der Waals surface area (Å²) in [6.45, 7) is 1.49. The van der Waals surface area contributed by atoms with Crippen molar-refractivity contribution < 1.29 is 23.7 Å². The molecule has 1 aromatic carbocycles. The molecule has 1 N–H and O–H groups in total.